The minimum Gasteiger partial charge on any atom is -0.306 e. The van der Waals surface area contributed by atoms with Crippen LogP contribution in [0.3, 0.4) is 0 Å². The lowest BCUT2D eigenvalue weighted by Crippen LogP contribution is -2.45. The molecule has 0 aromatic heterocycles. The summed E-state index contributed by atoms with van der Waals surface area (Å²) in [6.45, 7) is 10.7. The Hall–Kier alpha value is 0.270. The predicted octanol–water partition coefficient (Wildman–Crippen LogP) is 2.60. The molecule has 0 spiro atoms. The Kier molecular flexibility index (Phi) is 5.81. The Balaban J connectivity index is 2.39. The average molecular weight is 258 g/mol. The van der Waals surface area contributed by atoms with Crippen LogP contribution in [0.25, 0.3) is 0 Å². The highest BCUT2D eigenvalue weighted by Crippen LogP contribution is 2.28. The van der Waals surface area contributed by atoms with Crippen molar-refractivity contribution in [3.8, 4) is 0 Å². The molecule has 0 aliphatic carbocycles. The fourth-order valence-corrected chi connectivity index (χ4v) is 3.20. The Morgan fingerprint density at radius 2 is 1.76 bits per heavy atom. The van der Waals surface area contributed by atoms with Crippen LogP contribution in [0.5, 0.6) is 0 Å². The number of hydrogen-bond donors (Lipinski definition) is 1. The normalized spacial score (nSPS) is 22.1. The smallest absolute Gasteiger partial charge is 0.0113 e. The monoisotopic (exact) mass is 258 g/mol. The molecular weight excluding hydrogens is 228 g/mol. The summed E-state index contributed by atoms with van der Waals surface area (Å²) < 4.78 is 0. The zero-order valence-electron chi connectivity index (χ0n) is 12.2. The van der Waals surface area contributed by atoms with Gasteiger partial charge in [-0.2, -0.15) is 12.6 Å². The SMILES string of the molecule is CN(C)C1CCN(CC(CS)C(C)(C)C)CC1. The van der Waals surface area contributed by atoms with Gasteiger partial charge in [0.05, 0.1) is 0 Å². The molecule has 0 N–H and O–H groups in total. The molecule has 0 amide bonds. The van der Waals surface area contributed by atoms with Gasteiger partial charge in [-0.25, -0.2) is 0 Å². The summed E-state index contributed by atoms with van der Waals surface area (Å²) >= 11 is 4.52. The number of piperidine rings is 1. The van der Waals surface area contributed by atoms with Crippen LogP contribution < -0.4 is 0 Å². The van der Waals surface area contributed by atoms with Crippen molar-refractivity contribution in [2.75, 3.05) is 39.5 Å². The van der Waals surface area contributed by atoms with Crippen LogP contribution in [0, 0.1) is 11.3 Å². The number of nitrogens with zero attached hydrogens (tertiary/aromatic N) is 2. The highest BCUT2D eigenvalue weighted by molar-refractivity contribution is 7.80. The van der Waals surface area contributed by atoms with E-state index in [9.17, 15) is 0 Å². The number of rotatable bonds is 4. The van der Waals surface area contributed by atoms with Gasteiger partial charge in [-0.05, 0) is 57.1 Å². The summed E-state index contributed by atoms with van der Waals surface area (Å²) in [5.74, 6) is 1.69. The first kappa shape index (κ1) is 15.3. The van der Waals surface area contributed by atoms with Gasteiger partial charge in [0.1, 0.15) is 0 Å². The minimum atomic E-state index is 0.375. The van der Waals surface area contributed by atoms with Crippen molar-refractivity contribution < 1.29 is 0 Å². The number of hydrogen-bond acceptors (Lipinski definition) is 3. The maximum Gasteiger partial charge on any atom is 0.0113 e. The van der Waals surface area contributed by atoms with Crippen molar-refractivity contribution >= 4 is 12.6 Å². The maximum absolute atomic E-state index is 4.52. The topological polar surface area (TPSA) is 6.48 Å². The molecule has 3 heteroatoms. The van der Waals surface area contributed by atoms with E-state index in [4.69, 9.17) is 0 Å². The van der Waals surface area contributed by atoms with E-state index < -0.39 is 0 Å². The van der Waals surface area contributed by atoms with Crippen molar-refractivity contribution in [2.45, 2.75) is 39.7 Å². The van der Waals surface area contributed by atoms with Crippen molar-refractivity contribution in [3.63, 3.8) is 0 Å². The molecule has 1 atom stereocenters. The second-order valence-electron chi connectivity index (χ2n) is 6.74. The average Bonchev–Trinajstić information content (AvgIpc) is 2.24. The van der Waals surface area contributed by atoms with Gasteiger partial charge in [0.15, 0.2) is 0 Å². The van der Waals surface area contributed by atoms with Crippen LogP contribution in [0.1, 0.15) is 33.6 Å². The Bertz CT molecular complexity index is 215. The van der Waals surface area contributed by atoms with Crippen LogP contribution in [0.2, 0.25) is 0 Å². The van der Waals surface area contributed by atoms with Crippen molar-refractivity contribution in [1.82, 2.24) is 9.80 Å². The van der Waals surface area contributed by atoms with Crippen molar-refractivity contribution in [2.24, 2.45) is 11.3 Å². The quantitative estimate of drug-likeness (QED) is 0.775. The first-order valence-electron chi connectivity index (χ1n) is 6.84. The molecule has 0 saturated carbocycles. The number of likely N-dealkylation sites (tertiary alicyclic amines) is 1. The molecule has 0 aromatic rings. The van der Waals surface area contributed by atoms with E-state index in [1.165, 1.54) is 32.5 Å². The Labute approximate surface area is 113 Å². The third-order valence-corrected chi connectivity index (χ3v) is 4.65. The highest BCUT2D eigenvalue weighted by Gasteiger charge is 2.28. The Morgan fingerprint density at radius 1 is 1.24 bits per heavy atom. The predicted molar refractivity (Wildman–Crippen MR) is 79.9 cm³/mol. The van der Waals surface area contributed by atoms with Gasteiger partial charge in [-0.3, -0.25) is 0 Å². The maximum atomic E-state index is 4.52. The third kappa shape index (κ3) is 4.80. The second kappa shape index (κ2) is 6.44. The summed E-state index contributed by atoms with van der Waals surface area (Å²) in [6, 6.07) is 0.787. The molecule has 102 valence electrons. The van der Waals surface area contributed by atoms with Gasteiger partial charge in [-0.15, -0.1) is 0 Å². The molecule has 1 aliphatic rings. The third-order valence-electron chi connectivity index (χ3n) is 4.21. The lowest BCUT2D eigenvalue weighted by atomic mass is 9.81. The molecule has 17 heavy (non-hydrogen) atoms. The first-order valence-corrected chi connectivity index (χ1v) is 7.47. The van der Waals surface area contributed by atoms with E-state index in [0.29, 0.717) is 11.3 Å². The van der Waals surface area contributed by atoms with E-state index >= 15 is 0 Å². The first-order chi connectivity index (χ1) is 7.84. The molecular formula is C14H30N2S. The minimum absolute atomic E-state index is 0.375. The zero-order valence-corrected chi connectivity index (χ0v) is 13.1. The number of thiol groups is 1. The van der Waals surface area contributed by atoms with E-state index in [-0.39, 0.29) is 0 Å². The Morgan fingerprint density at radius 3 is 2.12 bits per heavy atom. The fourth-order valence-electron chi connectivity index (χ4n) is 2.54. The van der Waals surface area contributed by atoms with Crippen LogP contribution in [-0.4, -0.2) is 55.3 Å². The molecule has 1 rings (SSSR count). The van der Waals surface area contributed by atoms with E-state index in [2.05, 4.69) is 57.3 Å². The standard InChI is InChI=1S/C14H30N2S/c1-14(2,3)12(11-17)10-16-8-6-13(7-9-16)15(4)5/h12-13,17H,6-11H2,1-5H3. The molecule has 1 heterocycles. The lowest BCUT2D eigenvalue weighted by molar-refractivity contribution is 0.107. The molecule has 0 aromatic carbocycles. The molecule has 2 nitrogen and oxygen atoms in total. The highest BCUT2D eigenvalue weighted by atomic mass is 32.1. The van der Waals surface area contributed by atoms with Crippen LogP contribution in [0.4, 0.5) is 0 Å². The van der Waals surface area contributed by atoms with Gasteiger partial charge >= 0.3 is 0 Å². The summed E-state index contributed by atoms with van der Waals surface area (Å²) in [5.41, 5.74) is 0.375. The van der Waals surface area contributed by atoms with Gasteiger partial charge in [-0.1, -0.05) is 20.8 Å². The summed E-state index contributed by atoms with van der Waals surface area (Å²) in [5, 5.41) is 0. The summed E-state index contributed by atoms with van der Waals surface area (Å²) in [6.07, 6.45) is 2.63. The largest absolute Gasteiger partial charge is 0.306 e. The molecule has 1 aliphatic heterocycles. The summed E-state index contributed by atoms with van der Waals surface area (Å²) in [4.78, 5) is 5.00. The van der Waals surface area contributed by atoms with Gasteiger partial charge < -0.3 is 9.80 Å². The lowest BCUT2D eigenvalue weighted by Gasteiger charge is -2.39. The molecule has 1 fully saturated rings. The van der Waals surface area contributed by atoms with Gasteiger partial charge in [0.25, 0.3) is 0 Å². The van der Waals surface area contributed by atoms with Crippen molar-refractivity contribution in [1.29, 1.82) is 0 Å². The van der Waals surface area contributed by atoms with Crippen molar-refractivity contribution in [3.05, 3.63) is 0 Å². The van der Waals surface area contributed by atoms with E-state index in [1.807, 2.05) is 0 Å². The zero-order chi connectivity index (χ0) is 13.1. The van der Waals surface area contributed by atoms with E-state index in [0.717, 1.165) is 11.8 Å². The van der Waals surface area contributed by atoms with Gasteiger partial charge in [0, 0.05) is 12.6 Å². The molecule has 0 radical (unpaired) electrons. The second-order valence-corrected chi connectivity index (χ2v) is 7.11. The van der Waals surface area contributed by atoms with Crippen LogP contribution in [-0.2, 0) is 0 Å². The fraction of sp³-hybridized carbons (Fsp3) is 1.00. The van der Waals surface area contributed by atoms with Crippen LogP contribution >= 0.6 is 12.6 Å². The molecule has 1 saturated heterocycles. The molecule has 0 bridgehead atoms. The van der Waals surface area contributed by atoms with Crippen LogP contribution in [0.15, 0.2) is 0 Å². The molecule has 1 unspecified atom stereocenters. The van der Waals surface area contributed by atoms with Gasteiger partial charge in [0.2, 0.25) is 0 Å². The summed E-state index contributed by atoms with van der Waals surface area (Å²) in [7, 11) is 4.40. The van der Waals surface area contributed by atoms with E-state index in [1.54, 1.807) is 0 Å².